The van der Waals surface area contributed by atoms with Crippen LogP contribution in [-0.4, -0.2) is 39.9 Å². The lowest BCUT2D eigenvalue weighted by Crippen LogP contribution is -2.23. The van der Waals surface area contributed by atoms with E-state index in [4.69, 9.17) is 4.74 Å². The fourth-order valence-electron chi connectivity index (χ4n) is 2.95. The van der Waals surface area contributed by atoms with E-state index in [9.17, 15) is 0 Å². The maximum Gasteiger partial charge on any atom is 0.314 e. The molecular weight excluding hydrogens is 264 g/mol. The van der Waals surface area contributed by atoms with Gasteiger partial charge in [0.2, 0.25) is 0 Å². The molecule has 1 saturated heterocycles. The second-order valence-electron chi connectivity index (χ2n) is 5.59. The van der Waals surface area contributed by atoms with Crippen LogP contribution in [0.1, 0.15) is 31.4 Å². The predicted octanol–water partition coefficient (Wildman–Crippen LogP) is 2.65. The summed E-state index contributed by atoms with van der Waals surface area (Å²) in [4.78, 5) is 6.95. The number of nitrogens with zero attached hydrogens (tertiary/aromatic N) is 4. The summed E-state index contributed by atoms with van der Waals surface area (Å²) in [5.41, 5.74) is 2.36. The molecule has 112 valence electrons. The summed E-state index contributed by atoms with van der Waals surface area (Å²) in [6, 6.07) is 9.49. The Morgan fingerprint density at radius 2 is 2.00 bits per heavy atom. The van der Waals surface area contributed by atoms with E-state index >= 15 is 0 Å². The molecule has 1 aromatic carbocycles. The van der Waals surface area contributed by atoms with Crippen molar-refractivity contribution < 1.29 is 4.74 Å². The molecule has 5 nitrogen and oxygen atoms in total. The Labute approximate surface area is 125 Å². The van der Waals surface area contributed by atoms with Crippen LogP contribution < -0.4 is 4.74 Å². The Morgan fingerprint density at radius 1 is 1.24 bits per heavy atom. The van der Waals surface area contributed by atoms with Gasteiger partial charge in [-0.25, -0.2) is 4.68 Å². The summed E-state index contributed by atoms with van der Waals surface area (Å²) >= 11 is 0. The summed E-state index contributed by atoms with van der Waals surface area (Å²) < 4.78 is 6.85. The van der Waals surface area contributed by atoms with Gasteiger partial charge in [0.05, 0.1) is 7.11 Å². The smallest absolute Gasteiger partial charge is 0.314 e. The minimum Gasteiger partial charge on any atom is -0.467 e. The van der Waals surface area contributed by atoms with Crippen molar-refractivity contribution in [2.75, 3.05) is 20.2 Å². The molecule has 0 spiro atoms. The van der Waals surface area contributed by atoms with E-state index in [0.717, 1.165) is 5.56 Å². The standard InChI is InChI=1S/C16H22N4O/c1-12(20-9-4-5-10-20)13-7-6-8-14(11-13)15-17-16(21-3)19(2)18-15/h6-8,11-12H,4-5,9-10H2,1-3H3/t12-/m1/s1. The number of benzene rings is 1. The van der Waals surface area contributed by atoms with Gasteiger partial charge in [-0.15, -0.1) is 5.10 Å². The third kappa shape index (κ3) is 2.78. The Bertz CT molecular complexity index is 616. The van der Waals surface area contributed by atoms with Gasteiger partial charge in [-0.3, -0.25) is 4.90 Å². The molecule has 2 heterocycles. The minimum absolute atomic E-state index is 0.443. The average Bonchev–Trinajstić information content (AvgIpc) is 3.16. The van der Waals surface area contributed by atoms with E-state index in [-0.39, 0.29) is 0 Å². The molecule has 0 unspecified atom stereocenters. The molecule has 1 atom stereocenters. The van der Waals surface area contributed by atoms with Gasteiger partial charge in [0.15, 0.2) is 5.82 Å². The van der Waals surface area contributed by atoms with E-state index < -0.39 is 0 Å². The SMILES string of the molecule is COc1nc(-c2cccc([C@@H](C)N3CCCC3)c2)nn1C. The van der Waals surface area contributed by atoms with Crippen molar-refractivity contribution in [1.82, 2.24) is 19.7 Å². The van der Waals surface area contributed by atoms with E-state index in [1.54, 1.807) is 11.8 Å². The summed E-state index contributed by atoms with van der Waals surface area (Å²) in [5, 5.41) is 4.42. The molecule has 2 aromatic rings. The normalized spacial score (nSPS) is 17.1. The molecule has 1 aliphatic heterocycles. The second kappa shape index (κ2) is 5.85. The Balaban J connectivity index is 1.88. The molecule has 1 aliphatic rings. The number of aryl methyl sites for hydroxylation is 1. The van der Waals surface area contributed by atoms with Crippen LogP contribution in [0.2, 0.25) is 0 Å². The number of ether oxygens (including phenoxy) is 1. The molecule has 0 aliphatic carbocycles. The highest BCUT2D eigenvalue weighted by Gasteiger charge is 2.20. The summed E-state index contributed by atoms with van der Waals surface area (Å²) in [6.45, 7) is 4.67. The van der Waals surface area contributed by atoms with Crippen LogP contribution >= 0.6 is 0 Å². The van der Waals surface area contributed by atoms with Crippen molar-refractivity contribution in [2.45, 2.75) is 25.8 Å². The van der Waals surface area contributed by atoms with Crippen molar-refractivity contribution in [2.24, 2.45) is 7.05 Å². The average molecular weight is 286 g/mol. The van der Waals surface area contributed by atoms with Crippen LogP contribution in [0.15, 0.2) is 24.3 Å². The number of likely N-dealkylation sites (tertiary alicyclic amines) is 1. The minimum atomic E-state index is 0.443. The monoisotopic (exact) mass is 286 g/mol. The van der Waals surface area contributed by atoms with Gasteiger partial charge < -0.3 is 4.74 Å². The van der Waals surface area contributed by atoms with E-state index in [2.05, 4.69) is 46.2 Å². The summed E-state index contributed by atoms with van der Waals surface area (Å²) in [6.07, 6.45) is 2.62. The Kier molecular flexibility index (Phi) is 3.92. The van der Waals surface area contributed by atoms with Crippen LogP contribution in [0.25, 0.3) is 11.4 Å². The zero-order chi connectivity index (χ0) is 14.8. The van der Waals surface area contributed by atoms with E-state index in [1.807, 2.05) is 7.05 Å². The second-order valence-corrected chi connectivity index (χ2v) is 5.59. The summed E-state index contributed by atoms with van der Waals surface area (Å²) in [5.74, 6) is 0.713. The van der Waals surface area contributed by atoms with Crippen LogP contribution in [-0.2, 0) is 7.05 Å². The molecule has 0 amide bonds. The number of hydrogen-bond donors (Lipinski definition) is 0. The first-order chi connectivity index (χ1) is 10.2. The molecule has 1 aromatic heterocycles. The van der Waals surface area contributed by atoms with Crippen molar-refractivity contribution in [3.63, 3.8) is 0 Å². The van der Waals surface area contributed by atoms with Crippen LogP contribution in [0, 0.1) is 0 Å². The lowest BCUT2D eigenvalue weighted by molar-refractivity contribution is 0.263. The molecule has 21 heavy (non-hydrogen) atoms. The highest BCUT2D eigenvalue weighted by Crippen LogP contribution is 2.27. The first-order valence-electron chi connectivity index (χ1n) is 7.48. The quantitative estimate of drug-likeness (QED) is 0.866. The van der Waals surface area contributed by atoms with Crippen molar-refractivity contribution in [3.8, 4) is 17.4 Å². The zero-order valence-corrected chi connectivity index (χ0v) is 12.9. The number of methoxy groups -OCH3 is 1. The van der Waals surface area contributed by atoms with Crippen LogP contribution in [0.3, 0.4) is 0 Å². The van der Waals surface area contributed by atoms with Gasteiger partial charge in [-0.2, -0.15) is 4.98 Å². The third-order valence-electron chi connectivity index (χ3n) is 4.22. The fourth-order valence-corrected chi connectivity index (χ4v) is 2.95. The van der Waals surface area contributed by atoms with E-state index in [1.165, 1.54) is 31.5 Å². The number of aromatic nitrogens is 3. The highest BCUT2D eigenvalue weighted by atomic mass is 16.5. The summed E-state index contributed by atoms with van der Waals surface area (Å²) in [7, 11) is 3.45. The number of hydrogen-bond acceptors (Lipinski definition) is 4. The molecular formula is C16H22N4O. The first-order valence-corrected chi connectivity index (χ1v) is 7.48. The molecule has 1 fully saturated rings. The van der Waals surface area contributed by atoms with Gasteiger partial charge in [0.25, 0.3) is 0 Å². The lowest BCUT2D eigenvalue weighted by Gasteiger charge is -2.24. The maximum absolute atomic E-state index is 5.19. The molecule has 3 rings (SSSR count). The molecule has 0 saturated carbocycles. The van der Waals surface area contributed by atoms with Gasteiger partial charge >= 0.3 is 6.01 Å². The molecule has 0 radical (unpaired) electrons. The fraction of sp³-hybridized carbons (Fsp3) is 0.500. The third-order valence-corrected chi connectivity index (χ3v) is 4.22. The van der Waals surface area contributed by atoms with Crippen LogP contribution in [0.4, 0.5) is 0 Å². The largest absolute Gasteiger partial charge is 0.467 e. The Morgan fingerprint density at radius 3 is 2.67 bits per heavy atom. The van der Waals surface area contributed by atoms with Gasteiger partial charge in [0, 0.05) is 18.7 Å². The predicted molar refractivity (Wildman–Crippen MR) is 82.2 cm³/mol. The molecule has 0 N–H and O–H groups in total. The Hall–Kier alpha value is -1.88. The first kappa shape index (κ1) is 14.1. The number of rotatable bonds is 4. The molecule has 0 bridgehead atoms. The topological polar surface area (TPSA) is 43.2 Å². The van der Waals surface area contributed by atoms with E-state index in [0.29, 0.717) is 17.9 Å². The van der Waals surface area contributed by atoms with Crippen molar-refractivity contribution in [3.05, 3.63) is 29.8 Å². The maximum atomic E-state index is 5.19. The lowest BCUT2D eigenvalue weighted by atomic mass is 10.0. The molecule has 5 heteroatoms. The van der Waals surface area contributed by atoms with Gasteiger partial charge in [-0.05, 0) is 44.5 Å². The van der Waals surface area contributed by atoms with Crippen LogP contribution in [0.5, 0.6) is 6.01 Å². The van der Waals surface area contributed by atoms with Crippen molar-refractivity contribution >= 4 is 0 Å². The van der Waals surface area contributed by atoms with Gasteiger partial charge in [-0.1, -0.05) is 18.2 Å². The zero-order valence-electron chi connectivity index (χ0n) is 12.9. The highest BCUT2D eigenvalue weighted by molar-refractivity contribution is 5.56. The van der Waals surface area contributed by atoms with Crippen molar-refractivity contribution in [1.29, 1.82) is 0 Å². The van der Waals surface area contributed by atoms with Gasteiger partial charge in [0.1, 0.15) is 0 Å².